The number of methoxy groups -OCH3 is 1. The van der Waals surface area contributed by atoms with E-state index in [2.05, 4.69) is 11.1 Å². The van der Waals surface area contributed by atoms with Crippen LogP contribution in [0.15, 0.2) is 58.4 Å². The fraction of sp³-hybridized carbons (Fsp3) is 0.208. The lowest BCUT2D eigenvalue weighted by Gasteiger charge is -2.14. The molecule has 0 bridgehead atoms. The normalized spacial score (nSPS) is 11.8. The summed E-state index contributed by atoms with van der Waals surface area (Å²) in [5.41, 5.74) is 1.77. The van der Waals surface area contributed by atoms with Crippen molar-refractivity contribution < 1.29 is 9.53 Å². The van der Waals surface area contributed by atoms with Gasteiger partial charge in [0.2, 0.25) is 0 Å². The van der Waals surface area contributed by atoms with E-state index in [1.165, 1.54) is 10.5 Å². The molecule has 0 fully saturated rings. The molecule has 0 aliphatic rings. The number of benzene rings is 1. The molecule has 4 rings (SSSR count). The molecule has 0 N–H and O–H groups in total. The van der Waals surface area contributed by atoms with Gasteiger partial charge in [0, 0.05) is 26.5 Å². The maximum Gasteiger partial charge on any atom is 0.280 e. The third-order valence-electron chi connectivity index (χ3n) is 5.27. The first kappa shape index (κ1) is 22.4. The summed E-state index contributed by atoms with van der Waals surface area (Å²) in [5.74, 6) is -0.592. The number of rotatable bonds is 5. The lowest BCUT2D eigenvalue weighted by atomic mass is 10.2. The molecule has 9 heteroatoms. The van der Waals surface area contributed by atoms with Gasteiger partial charge in [-0.1, -0.05) is 29.8 Å². The molecule has 8 nitrogen and oxygen atoms in total. The summed E-state index contributed by atoms with van der Waals surface area (Å²) in [4.78, 5) is 35.2. The SMILES string of the molecule is COCCCn1c(=NC(=O)c2ccccc2Cl)c(C#N)cc2c(=O)n3cccc(C)c3nc21. The maximum absolute atomic E-state index is 13.3. The molecule has 0 aliphatic heterocycles. The monoisotopic (exact) mass is 461 g/mol. The van der Waals surface area contributed by atoms with Crippen LogP contribution in [0, 0.1) is 18.3 Å². The number of amides is 1. The van der Waals surface area contributed by atoms with Crippen LogP contribution in [0.25, 0.3) is 16.7 Å². The van der Waals surface area contributed by atoms with Gasteiger partial charge in [-0.2, -0.15) is 10.3 Å². The summed E-state index contributed by atoms with van der Waals surface area (Å²) in [5, 5.41) is 10.4. The number of aromatic nitrogens is 3. The van der Waals surface area contributed by atoms with Gasteiger partial charge in [0.1, 0.15) is 17.4 Å². The van der Waals surface area contributed by atoms with Crippen molar-refractivity contribution in [1.29, 1.82) is 5.26 Å². The van der Waals surface area contributed by atoms with Crippen molar-refractivity contribution in [3.8, 4) is 6.07 Å². The number of halogens is 1. The van der Waals surface area contributed by atoms with Crippen LogP contribution in [0.2, 0.25) is 5.02 Å². The minimum atomic E-state index is -0.592. The van der Waals surface area contributed by atoms with Gasteiger partial charge in [0.15, 0.2) is 5.49 Å². The second-order valence-corrected chi connectivity index (χ2v) is 7.83. The highest BCUT2D eigenvalue weighted by atomic mass is 35.5. The third kappa shape index (κ3) is 4.16. The highest BCUT2D eigenvalue weighted by Gasteiger charge is 2.17. The van der Waals surface area contributed by atoms with Gasteiger partial charge < -0.3 is 9.30 Å². The minimum Gasteiger partial charge on any atom is -0.385 e. The van der Waals surface area contributed by atoms with E-state index >= 15 is 0 Å². The van der Waals surface area contributed by atoms with Crippen molar-refractivity contribution in [2.24, 2.45) is 4.99 Å². The van der Waals surface area contributed by atoms with Crippen molar-refractivity contribution in [1.82, 2.24) is 14.0 Å². The van der Waals surface area contributed by atoms with E-state index in [9.17, 15) is 14.9 Å². The Morgan fingerprint density at radius 2 is 2.03 bits per heavy atom. The van der Waals surface area contributed by atoms with Crippen molar-refractivity contribution in [2.45, 2.75) is 19.9 Å². The quantitative estimate of drug-likeness (QED) is 0.335. The van der Waals surface area contributed by atoms with Crippen LogP contribution in [-0.2, 0) is 11.3 Å². The lowest BCUT2D eigenvalue weighted by Crippen LogP contribution is -2.30. The zero-order valence-corrected chi connectivity index (χ0v) is 18.8. The molecule has 1 aromatic carbocycles. The Hall–Kier alpha value is -3.80. The number of fused-ring (bicyclic) bond motifs is 2. The number of hydrogen-bond donors (Lipinski definition) is 0. The number of carbonyl (C=O) groups is 1. The number of carbonyl (C=O) groups excluding carboxylic acids is 1. The molecule has 0 radical (unpaired) electrons. The Bertz CT molecular complexity index is 1560. The Morgan fingerprint density at radius 1 is 1.24 bits per heavy atom. The van der Waals surface area contributed by atoms with Gasteiger partial charge >= 0.3 is 0 Å². The van der Waals surface area contributed by atoms with E-state index in [0.717, 1.165) is 5.56 Å². The molecule has 3 heterocycles. The predicted molar refractivity (Wildman–Crippen MR) is 124 cm³/mol. The van der Waals surface area contributed by atoms with Crippen LogP contribution in [0.3, 0.4) is 0 Å². The minimum absolute atomic E-state index is 0.0897. The molecule has 4 aromatic rings. The van der Waals surface area contributed by atoms with Gasteiger partial charge in [-0.05, 0) is 43.2 Å². The smallest absolute Gasteiger partial charge is 0.280 e. The molecule has 3 aromatic heterocycles. The molecule has 0 aliphatic carbocycles. The number of pyridine rings is 2. The highest BCUT2D eigenvalue weighted by Crippen LogP contribution is 2.17. The fourth-order valence-corrected chi connectivity index (χ4v) is 3.88. The standard InChI is InChI=1S/C24H20ClN5O3/c1-15-7-5-10-30-20(15)27-22-18(24(30)32)13-16(14-26)21(29(22)11-6-12-33-2)28-23(31)17-8-3-4-9-19(17)25/h3-5,7-10,13H,6,11-12H2,1-2H3. The number of nitriles is 1. The van der Waals surface area contributed by atoms with Crippen LogP contribution in [-0.4, -0.2) is 33.6 Å². The van der Waals surface area contributed by atoms with Gasteiger partial charge in [0.25, 0.3) is 11.5 Å². The first-order valence-corrected chi connectivity index (χ1v) is 10.6. The fourth-order valence-electron chi connectivity index (χ4n) is 3.66. The third-order valence-corrected chi connectivity index (χ3v) is 5.60. The summed E-state index contributed by atoms with van der Waals surface area (Å²) >= 11 is 6.17. The Labute approximate surface area is 194 Å². The molecule has 166 valence electrons. The van der Waals surface area contributed by atoms with Gasteiger partial charge in [-0.3, -0.25) is 14.0 Å². The zero-order chi connectivity index (χ0) is 23.5. The van der Waals surface area contributed by atoms with Crippen molar-refractivity contribution in [3.05, 3.63) is 86.2 Å². The van der Waals surface area contributed by atoms with E-state index in [4.69, 9.17) is 21.3 Å². The average Bonchev–Trinajstić information content (AvgIpc) is 2.81. The maximum atomic E-state index is 13.3. The Kier molecular flexibility index (Phi) is 6.36. The average molecular weight is 462 g/mol. The van der Waals surface area contributed by atoms with Crippen LogP contribution >= 0.6 is 11.6 Å². The van der Waals surface area contributed by atoms with Crippen molar-refractivity contribution in [2.75, 3.05) is 13.7 Å². The number of hydrogen-bond acceptors (Lipinski definition) is 5. The van der Waals surface area contributed by atoms with Gasteiger partial charge in [-0.15, -0.1) is 0 Å². The summed E-state index contributed by atoms with van der Waals surface area (Å²) in [6.45, 7) is 2.64. The van der Waals surface area contributed by atoms with Crippen LogP contribution in [0.4, 0.5) is 0 Å². The predicted octanol–water partition coefficient (Wildman–Crippen LogP) is 3.26. The van der Waals surface area contributed by atoms with Gasteiger partial charge in [-0.25, -0.2) is 4.98 Å². The summed E-state index contributed by atoms with van der Waals surface area (Å²) in [6, 6.07) is 13.7. The molecular formula is C24H20ClN5O3. The molecule has 0 unspecified atom stereocenters. The zero-order valence-electron chi connectivity index (χ0n) is 18.1. The van der Waals surface area contributed by atoms with Crippen LogP contribution in [0.1, 0.15) is 27.9 Å². The van der Waals surface area contributed by atoms with Crippen molar-refractivity contribution in [3.63, 3.8) is 0 Å². The second-order valence-electron chi connectivity index (χ2n) is 7.43. The molecule has 0 saturated carbocycles. The van der Waals surface area contributed by atoms with E-state index in [-0.39, 0.29) is 32.6 Å². The van der Waals surface area contributed by atoms with E-state index in [0.29, 0.717) is 30.9 Å². The number of nitrogens with zero attached hydrogens (tertiary/aromatic N) is 5. The van der Waals surface area contributed by atoms with Crippen LogP contribution < -0.4 is 11.0 Å². The van der Waals surface area contributed by atoms with E-state index < -0.39 is 5.91 Å². The largest absolute Gasteiger partial charge is 0.385 e. The first-order chi connectivity index (χ1) is 16.0. The molecule has 0 spiro atoms. The summed E-state index contributed by atoms with van der Waals surface area (Å²) in [7, 11) is 1.59. The van der Waals surface area contributed by atoms with Gasteiger partial charge in [0.05, 0.1) is 21.5 Å². The summed E-state index contributed by atoms with van der Waals surface area (Å²) < 4.78 is 8.25. The molecule has 1 amide bonds. The number of aryl methyl sites for hydroxylation is 2. The lowest BCUT2D eigenvalue weighted by molar-refractivity contribution is 0.0997. The molecule has 33 heavy (non-hydrogen) atoms. The Balaban J connectivity index is 2.09. The Morgan fingerprint density at radius 3 is 2.76 bits per heavy atom. The molecule has 0 atom stereocenters. The topological polar surface area (TPSA) is 102 Å². The second kappa shape index (κ2) is 9.36. The van der Waals surface area contributed by atoms with E-state index in [1.807, 2.05) is 13.0 Å². The molecule has 0 saturated heterocycles. The van der Waals surface area contributed by atoms with E-state index in [1.54, 1.807) is 48.2 Å². The van der Waals surface area contributed by atoms with Crippen molar-refractivity contribution >= 4 is 34.2 Å². The molecular weight excluding hydrogens is 442 g/mol. The highest BCUT2D eigenvalue weighted by molar-refractivity contribution is 6.33. The summed E-state index contributed by atoms with van der Waals surface area (Å²) in [6.07, 6.45) is 2.19. The van der Waals surface area contributed by atoms with Crippen LogP contribution in [0.5, 0.6) is 0 Å². The number of ether oxygens (including phenoxy) is 1. The first-order valence-electron chi connectivity index (χ1n) is 10.2.